The van der Waals surface area contributed by atoms with Crippen LogP contribution in [0.25, 0.3) is 0 Å². The largest absolute Gasteiger partial charge is 0.484 e. The number of carbonyl (C=O) groups is 1. The fraction of sp³-hybridized carbons (Fsp3) is 0.533. The highest BCUT2D eigenvalue weighted by Gasteiger charge is 2.16. The molecule has 0 aliphatic carbocycles. The van der Waals surface area contributed by atoms with Gasteiger partial charge in [0.15, 0.2) is 6.61 Å². The van der Waals surface area contributed by atoms with Crippen LogP contribution in [0, 0.1) is 0 Å². The van der Waals surface area contributed by atoms with Crippen LogP contribution in [0.4, 0.5) is 0 Å². The molecule has 0 radical (unpaired) electrons. The molecule has 6 nitrogen and oxygen atoms in total. The summed E-state index contributed by atoms with van der Waals surface area (Å²) >= 11 is 0. The third kappa shape index (κ3) is 5.71. The minimum absolute atomic E-state index is 0.105. The number of ether oxygens (including phenoxy) is 3. The molecule has 0 unspecified atom stereocenters. The van der Waals surface area contributed by atoms with Crippen LogP contribution in [-0.2, 0) is 20.8 Å². The van der Waals surface area contributed by atoms with Crippen LogP contribution in [0.1, 0.15) is 5.56 Å². The van der Waals surface area contributed by atoms with Crippen molar-refractivity contribution in [2.24, 2.45) is 5.73 Å². The Kier molecular flexibility index (Phi) is 5.98. The summed E-state index contributed by atoms with van der Waals surface area (Å²) in [6.45, 7) is 3.47. The first-order chi connectivity index (χ1) is 10.1. The maximum Gasteiger partial charge on any atom is 0.255 e. The Hall–Kier alpha value is -1.63. The number of amides is 1. The number of benzene rings is 1. The Bertz CT molecular complexity index is 461. The Morgan fingerprint density at radius 1 is 1.48 bits per heavy atom. The first-order valence-electron chi connectivity index (χ1n) is 7.01. The molecule has 0 aromatic heterocycles. The Morgan fingerprint density at radius 2 is 2.33 bits per heavy atom. The molecular formula is C15H22N2O4. The number of hydrogen-bond acceptors (Lipinski definition) is 5. The topological polar surface area (TPSA) is 74.0 Å². The van der Waals surface area contributed by atoms with Crippen LogP contribution >= 0.6 is 0 Å². The van der Waals surface area contributed by atoms with Crippen molar-refractivity contribution in [2.45, 2.75) is 12.6 Å². The quantitative estimate of drug-likeness (QED) is 0.788. The van der Waals surface area contributed by atoms with Gasteiger partial charge in [-0.3, -0.25) is 9.69 Å². The maximum atomic E-state index is 10.7. The van der Waals surface area contributed by atoms with E-state index in [9.17, 15) is 4.79 Å². The fourth-order valence-corrected chi connectivity index (χ4v) is 2.25. The number of primary amides is 1. The van der Waals surface area contributed by atoms with Gasteiger partial charge in [-0.05, 0) is 24.7 Å². The van der Waals surface area contributed by atoms with Gasteiger partial charge < -0.3 is 19.9 Å². The van der Waals surface area contributed by atoms with Crippen LogP contribution in [-0.4, -0.2) is 56.9 Å². The normalized spacial score (nSPS) is 18.7. The van der Waals surface area contributed by atoms with E-state index >= 15 is 0 Å². The lowest BCUT2D eigenvalue weighted by Gasteiger charge is -2.27. The van der Waals surface area contributed by atoms with Gasteiger partial charge in [-0.25, -0.2) is 0 Å². The molecule has 1 aliphatic heterocycles. The first kappa shape index (κ1) is 15.8. The molecule has 1 aliphatic rings. The zero-order chi connectivity index (χ0) is 15.1. The maximum absolute atomic E-state index is 10.7. The van der Waals surface area contributed by atoms with Crippen LogP contribution in [0.2, 0.25) is 0 Å². The second-order valence-corrected chi connectivity index (χ2v) is 5.17. The number of nitrogens with zero attached hydrogens (tertiary/aromatic N) is 1. The fourth-order valence-electron chi connectivity index (χ4n) is 2.25. The van der Waals surface area contributed by atoms with E-state index in [0.29, 0.717) is 25.6 Å². The van der Waals surface area contributed by atoms with Gasteiger partial charge in [-0.15, -0.1) is 0 Å². The molecule has 0 bridgehead atoms. The predicted octanol–water partition coefficient (Wildman–Crippen LogP) is 0.398. The average Bonchev–Trinajstić information content (AvgIpc) is 2.46. The van der Waals surface area contributed by atoms with Crippen molar-refractivity contribution >= 4 is 5.91 Å². The highest BCUT2D eigenvalue weighted by molar-refractivity contribution is 5.75. The van der Waals surface area contributed by atoms with Gasteiger partial charge in [-0.2, -0.15) is 0 Å². The first-order valence-corrected chi connectivity index (χ1v) is 7.01. The van der Waals surface area contributed by atoms with Crippen molar-refractivity contribution < 1.29 is 19.0 Å². The Morgan fingerprint density at radius 3 is 3.05 bits per heavy atom. The van der Waals surface area contributed by atoms with E-state index in [0.717, 1.165) is 18.7 Å². The average molecular weight is 294 g/mol. The summed E-state index contributed by atoms with van der Waals surface area (Å²) in [5, 5.41) is 0. The van der Waals surface area contributed by atoms with Crippen molar-refractivity contribution in [3.8, 4) is 5.75 Å². The van der Waals surface area contributed by atoms with Gasteiger partial charge in [-0.1, -0.05) is 12.1 Å². The summed E-state index contributed by atoms with van der Waals surface area (Å²) in [6.07, 6.45) is 0.123. The highest BCUT2D eigenvalue weighted by Crippen LogP contribution is 2.15. The van der Waals surface area contributed by atoms with Gasteiger partial charge in [0.1, 0.15) is 5.75 Å². The molecule has 2 rings (SSSR count). The van der Waals surface area contributed by atoms with Crippen LogP contribution < -0.4 is 10.5 Å². The molecule has 1 aromatic carbocycles. The summed E-state index contributed by atoms with van der Waals surface area (Å²) < 4.78 is 16.3. The molecule has 6 heteroatoms. The number of rotatable bonds is 7. The molecule has 116 valence electrons. The summed E-state index contributed by atoms with van der Waals surface area (Å²) in [7, 11) is 2.04. The number of carbonyl (C=O) groups excluding carboxylic acids is 1. The van der Waals surface area contributed by atoms with Crippen molar-refractivity contribution in [1.29, 1.82) is 0 Å². The van der Waals surface area contributed by atoms with E-state index in [1.165, 1.54) is 0 Å². The zero-order valence-corrected chi connectivity index (χ0v) is 12.3. The molecular weight excluding hydrogens is 272 g/mol. The lowest BCUT2D eigenvalue weighted by Crippen LogP contribution is -2.38. The summed E-state index contributed by atoms with van der Waals surface area (Å²) in [5.74, 6) is 0.170. The molecule has 21 heavy (non-hydrogen) atoms. The van der Waals surface area contributed by atoms with Gasteiger partial charge >= 0.3 is 0 Å². The Balaban J connectivity index is 1.83. The SMILES string of the molecule is CN(Cc1cccc(OCC(N)=O)c1)C[C@H]1COCCO1. The van der Waals surface area contributed by atoms with Crippen molar-refractivity contribution in [2.75, 3.05) is 40.0 Å². The molecule has 1 aromatic rings. The predicted molar refractivity (Wildman–Crippen MR) is 78.0 cm³/mol. The third-order valence-corrected chi connectivity index (χ3v) is 3.13. The van der Waals surface area contributed by atoms with E-state index in [-0.39, 0.29) is 12.7 Å². The summed E-state index contributed by atoms with van der Waals surface area (Å²) in [6, 6.07) is 7.65. The molecule has 1 fully saturated rings. The van der Waals surface area contributed by atoms with E-state index in [4.69, 9.17) is 19.9 Å². The smallest absolute Gasteiger partial charge is 0.255 e. The molecule has 1 atom stereocenters. The van der Waals surface area contributed by atoms with Crippen LogP contribution in [0.5, 0.6) is 5.75 Å². The lowest BCUT2D eigenvalue weighted by atomic mass is 10.2. The molecule has 1 saturated heterocycles. The van der Waals surface area contributed by atoms with Gasteiger partial charge in [0.25, 0.3) is 5.91 Å². The molecule has 2 N–H and O–H groups in total. The third-order valence-electron chi connectivity index (χ3n) is 3.13. The van der Waals surface area contributed by atoms with Crippen LogP contribution in [0.15, 0.2) is 24.3 Å². The second kappa shape index (κ2) is 7.97. The standard InChI is InChI=1S/C15H22N2O4/c1-17(9-14-10-19-5-6-20-14)8-12-3-2-4-13(7-12)21-11-15(16)18/h2-4,7,14H,5-6,8-11H2,1H3,(H2,16,18)/t14-/m0/s1. The van der Waals surface area contributed by atoms with Crippen molar-refractivity contribution in [3.63, 3.8) is 0 Å². The van der Waals surface area contributed by atoms with Crippen LogP contribution in [0.3, 0.4) is 0 Å². The molecule has 1 amide bonds. The summed E-state index contributed by atoms with van der Waals surface area (Å²) in [5.41, 5.74) is 6.17. The molecule has 1 heterocycles. The molecule has 0 saturated carbocycles. The minimum Gasteiger partial charge on any atom is -0.484 e. The number of likely N-dealkylation sites (N-methyl/N-ethyl adjacent to an activating group) is 1. The monoisotopic (exact) mass is 294 g/mol. The number of nitrogens with two attached hydrogens (primary N) is 1. The molecule has 0 spiro atoms. The van der Waals surface area contributed by atoms with Crippen molar-refractivity contribution in [1.82, 2.24) is 4.90 Å². The van der Waals surface area contributed by atoms with E-state index in [1.54, 1.807) is 0 Å². The highest BCUT2D eigenvalue weighted by atomic mass is 16.6. The second-order valence-electron chi connectivity index (χ2n) is 5.17. The van der Waals surface area contributed by atoms with Gasteiger partial charge in [0.2, 0.25) is 0 Å². The van der Waals surface area contributed by atoms with E-state index in [2.05, 4.69) is 4.90 Å². The minimum atomic E-state index is -0.480. The number of hydrogen-bond donors (Lipinski definition) is 1. The summed E-state index contributed by atoms with van der Waals surface area (Å²) in [4.78, 5) is 12.9. The van der Waals surface area contributed by atoms with Gasteiger partial charge in [0.05, 0.1) is 25.9 Å². The van der Waals surface area contributed by atoms with Crippen molar-refractivity contribution in [3.05, 3.63) is 29.8 Å². The Labute approximate surface area is 124 Å². The van der Waals surface area contributed by atoms with E-state index < -0.39 is 5.91 Å². The van der Waals surface area contributed by atoms with E-state index in [1.807, 2.05) is 31.3 Å². The van der Waals surface area contributed by atoms with Gasteiger partial charge in [0, 0.05) is 13.1 Å². The zero-order valence-electron chi connectivity index (χ0n) is 12.3. The lowest BCUT2D eigenvalue weighted by molar-refractivity contribution is -0.119.